The maximum Gasteiger partial charge on any atom is 0.416 e. The van der Waals surface area contributed by atoms with E-state index in [0.29, 0.717) is 12.1 Å². The molecule has 0 aromatic heterocycles. The van der Waals surface area contributed by atoms with Gasteiger partial charge in [0.2, 0.25) is 0 Å². The zero-order valence-corrected chi connectivity index (χ0v) is 18.8. The van der Waals surface area contributed by atoms with Gasteiger partial charge in [-0.15, -0.1) is 0 Å². The lowest BCUT2D eigenvalue weighted by atomic mass is 9.93. The average Bonchev–Trinajstić information content (AvgIpc) is 3.15. The van der Waals surface area contributed by atoms with Crippen LogP contribution < -0.4 is 16.4 Å². The molecule has 0 bridgehead atoms. The number of carbonyl (C=O) groups excluding carboxylic acids is 2. The molecule has 1 aliphatic heterocycles. The van der Waals surface area contributed by atoms with Crippen molar-refractivity contribution in [1.29, 1.82) is 0 Å². The minimum absolute atomic E-state index is 0.00384. The van der Waals surface area contributed by atoms with Gasteiger partial charge in [-0.2, -0.15) is 13.2 Å². The topological polar surface area (TPSA) is 104 Å². The van der Waals surface area contributed by atoms with E-state index in [1.54, 1.807) is 0 Å². The van der Waals surface area contributed by atoms with E-state index in [0.717, 1.165) is 12.1 Å². The first-order valence-electron chi connectivity index (χ1n) is 10.4. The van der Waals surface area contributed by atoms with Crippen molar-refractivity contribution < 1.29 is 36.6 Å². The van der Waals surface area contributed by atoms with E-state index in [4.69, 9.17) is 17.3 Å². The molecule has 0 saturated carbocycles. The first-order chi connectivity index (χ1) is 16.9. The summed E-state index contributed by atoms with van der Waals surface area (Å²) in [6, 6.07) is 6.36. The Morgan fingerprint density at radius 1 is 1.11 bits per heavy atom. The highest BCUT2D eigenvalue weighted by Crippen LogP contribution is 2.41. The lowest BCUT2D eigenvalue weighted by Gasteiger charge is -2.20. The molecule has 2 amide bonds. The number of nitrogens with one attached hydrogen (secondary N) is 2. The molecule has 188 valence electrons. The number of aliphatic hydroxyl groups excluding tert-OH is 1. The van der Waals surface area contributed by atoms with Crippen LogP contribution in [0.25, 0.3) is 0 Å². The number of anilines is 1. The molecule has 3 aromatic carbocycles. The number of fused-ring (bicyclic) bond motifs is 1. The van der Waals surface area contributed by atoms with Crippen LogP contribution in [0.1, 0.15) is 55.1 Å². The lowest BCUT2D eigenvalue weighted by Crippen LogP contribution is -2.21. The molecule has 1 heterocycles. The summed E-state index contributed by atoms with van der Waals surface area (Å²) in [6.45, 7) is -0.244. The number of hydrogen-bond donors (Lipinski definition) is 4. The van der Waals surface area contributed by atoms with E-state index in [1.807, 2.05) is 0 Å². The second kappa shape index (κ2) is 9.49. The Bertz CT molecular complexity index is 1380. The highest BCUT2D eigenvalue weighted by atomic mass is 35.5. The van der Waals surface area contributed by atoms with E-state index in [2.05, 4.69) is 10.6 Å². The van der Waals surface area contributed by atoms with Gasteiger partial charge in [-0.3, -0.25) is 9.59 Å². The first kappa shape index (κ1) is 25.5. The molecule has 36 heavy (non-hydrogen) atoms. The molecule has 0 saturated heterocycles. The Labute approximate surface area is 205 Å². The van der Waals surface area contributed by atoms with Gasteiger partial charge in [-0.05, 0) is 54.1 Å². The molecule has 1 aliphatic rings. The van der Waals surface area contributed by atoms with E-state index < -0.39 is 52.9 Å². The summed E-state index contributed by atoms with van der Waals surface area (Å²) in [5, 5.41) is 15.3. The molecule has 0 fully saturated rings. The predicted molar refractivity (Wildman–Crippen MR) is 121 cm³/mol. The maximum absolute atomic E-state index is 14.0. The third-order valence-electron chi connectivity index (χ3n) is 5.62. The summed E-state index contributed by atoms with van der Waals surface area (Å²) in [4.78, 5) is 25.7. The van der Waals surface area contributed by atoms with Gasteiger partial charge in [0.05, 0.1) is 17.7 Å². The highest BCUT2D eigenvalue weighted by Gasteiger charge is 2.36. The monoisotopic (exact) mass is 525 g/mol. The molecule has 6 nitrogen and oxygen atoms in total. The standard InChI is InChI=1S/C24H17ClF5N3O3/c25-17-2-1-13(26)8-15(17)21-20-16(23(36)33-21)5-10(19(34)9-31)6-18(20)32-22(35)11-3-12(24(28,29)30)7-14(27)4-11/h1-8,19,21,34H,9,31H2,(H,32,35)(H,33,36). The van der Waals surface area contributed by atoms with Gasteiger partial charge in [0.25, 0.3) is 11.8 Å². The van der Waals surface area contributed by atoms with Crippen molar-refractivity contribution in [2.45, 2.75) is 18.3 Å². The van der Waals surface area contributed by atoms with Crippen molar-refractivity contribution in [1.82, 2.24) is 5.32 Å². The van der Waals surface area contributed by atoms with Crippen LogP contribution in [-0.4, -0.2) is 23.5 Å². The fourth-order valence-electron chi connectivity index (χ4n) is 3.94. The molecule has 2 atom stereocenters. The molecule has 2 unspecified atom stereocenters. The van der Waals surface area contributed by atoms with Gasteiger partial charge in [0.15, 0.2) is 0 Å². The third-order valence-corrected chi connectivity index (χ3v) is 5.97. The van der Waals surface area contributed by atoms with Crippen molar-refractivity contribution in [3.05, 3.63) is 98.6 Å². The Morgan fingerprint density at radius 3 is 2.50 bits per heavy atom. The van der Waals surface area contributed by atoms with Crippen molar-refractivity contribution >= 4 is 29.1 Å². The van der Waals surface area contributed by atoms with Crippen LogP contribution in [0.4, 0.5) is 27.6 Å². The number of carbonyl (C=O) groups is 2. The number of benzene rings is 3. The number of aliphatic hydroxyl groups is 1. The van der Waals surface area contributed by atoms with Gasteiger partial charge in [-0.25, -0.2) is 8.78 Å². The maximum atomic E-state index is 14.0. The predicted octanol–water partition coefficient (Wildman–Crippen LogP) is 4.71. The minimum Gasteiger partial charge on any atom is -0.387 e. The Kier molecular flexibility index (Phi) is 6.74. The number of hydrogen-bond acceptors (Lipinski definition) is 4. The summed E-state index contributed by atoms with van der Waals surface area (Å²) in [7, 11) is 0. The van der Waals surface area contributed by atoms with E-state index in [9.17, 15) is 36.6 Å². The molecular weight excluding hydrogens is 509 g/mol. The van der Waals surface area contributed by atoms with Crippen LogP contribution in [0.15, 0.2) is 48.5 Å². The quantitative estimate of drug-likeness (QED) is 0.362. The van der Waals surface area contributed by atoms with Gasteiger partial charge in [0, 0.05) is 39.5 Å². The van der Waals surface area contributed by atoms with Crippen LogP contribution >= 0.6 is 11.6 Å². The Hall–Kier alpha value is -3.54. The minimum atomic E-state index is -4.90. The number of nitrogens with two attached hydrogens (primary N) is 1. The van der Waals surface area contributed by atoms with Gasteiger partial charge < -0.3 is 21.5 Å². The summed E-state index contributed by atoms with van der Waals surface area (Å²) in [6.07, 6.45) is -6.15. The van der Waals surface area contributed by atoms with Crippen LogP contribution in [0, 0.1) is 11.6 Å². The third kappa shape index (κ3) is 4.90. The smallest absolute Gasteiger partial charge is 0.387 e. The number of rotatable bonds is 5. The van der Waals surface area contributed by atoms with Crippen molar-refractivity contribution in [3.63, 3.8) is 0 Å². The zero-order valence-electron chi connectivity index (χ0n) is 18.1. The summed E-state index contributed by atoms with van der Waals surface area (Å²) in [5.41, 5.74) is 3.80. The average molecular weight is 526 g/mol. The van der Waals surface area contributed by atoms with Crippen LogP contribution in [0.2, 0.25) is 5.02 Å². The zero-order chi connectivity index (χ0) is 26.4. The summed E-state index contributed by atoms with van der Waals surface area (Å²) in [5.74, 6) is -3.70. The first-order valence-corrected chi connectivity index (χ1v) is 10.8. The Morgan fingerprint density at radius 2 is 1.83 bits per heavy atom. The van der Waals surface area contributed by atoms with E-state index >= 15 is 0 Å². The van der Waals surface area contributed by atoms with Gasteiger partial charge >= 0.3 is 6.18 Å². The SMILES string of the molecule is NCC(O)c1cc(NC(=O)c2cc(F)cc(C(F)(F)F)c2)c2c(c1)C(=O)NC2c1cc(F)ccc1Cl. The van der Waals surface area contributed by atoms with Crippen LogP contribution in [0.5, 0.6) is 0 Å². The highest BCUT2D eigenvalue weighted by molar-refractivity contribution is 6.31. The number of amides is 2. The molecule has 0 aliphatic carbocycles. The van der Waals surface area contributed by atoms with E-state index in [-0.39, 0.29) is 45.6 Å². The molecule has 12 heteroatoms. The van der Waals surface area contributed by atoms with Gasteiger partial charge in [-0.1, -0.05) is 11.6 Å². The Balaban J connectivity index is 1.84. The second-order valence-corrected chi connectivity index (χ2v) is 8.44. The summed E-state index contributed by atoms with van der Waals surface area (Å²) >= 11 is 6.22. The fraction of sp³-hybridized carbons (Fsp3) is 0.167. The molecule has 0 spiro atoms. The lowest BCUT2D eigenvalue weighted by molar-refractivity contribution is -0.137. The van der Waals surface area contributed by atoms with E-state index in [1.165, 1.54) is 18.2 Å². The van der Waals surface area contributed by atoms with Crippen molar-refractivity contribution in [3.8, 4) is 0 Å². The molecule has 0 radical (unpaired) electrons. The summed E-state index contributed by atoms with van der Waals surface area (Å²) < 4.78 is 67.2. The number of halogens is 6. The largest absolute Gasteiger partial charge is 0.416 e. The van der Waals surface area contributed by atoms with Crippen molar-refractivity contribution in [2.75, 3.05) is 11.9 Å². The van der Waals surface area contributed by atoms with Crippen LogP contribution in [-0.2, 0) is 6.18 Å². The second-order valence-electron chi connectivity index (χ2n) is 8.03. The fourth-order valence-corrected chi connectivity index (χ4v) is 4.16. The molecule has 3 aromatic rings. The number of alkyl halides is 3. The van der Waals surface area contributed by atoms with Crippen molar-refractivity contribution in [2.24, 2.45) is 5.73 Å². The molecular formula is C24H17ClF5N3O3. The molecule has 5 N–H and O–H groups in total. The van der Waals surface area contributed by atoms with Gasteiger partial charge in [0.1, 0.15) is 11.6 Å². The normalized spacial score (nSPS) is 15.9. The molecule has 4 rings (SSSR count). The van der Waals surface area contributed by atoms with Crippen LogP contribution in [0.3, 0.4) is 0 Å².